The van der Waals surface area contributed by atoms with Gasteiger partial charge in [0.05, 0.1) is 0 Å². The monoisotopic (exact) mass is 274 g/mol. The minimum atomic E-state index is 0. The SMILES string of the molecule is Br.C1=Cc2ccccc2Oc2ccccc21. The van der Waals surface area contributed by atoms with Gasteiger partial charge in [-0.1, -0.05) is 48.6 Å². The van der Waals surface area contributed by atoms with E-state index in [0.717, 1.165) is 22.6 Å². The standard InChI is InChI=1S/C14H10O.BrH/c1-3-7-13-11(5-1)9-10-12-6-2-4-8-14(12)15-13;/h1-10H;1H. The van der Waals surface area contributed by atoms with Gasteiger partial charge in [-0.25, -0.2) is 0 Å². The second-order valence-corrected chi connectivity index (χ2v) is 3.51. The van der Waals surface area contributed by atoms with Crippen LogP contribution in [0.2, 0.25) is 0 Å². The third kappa shape index (κ3) is 1.89. The van der Waals surface area contributed by atoms with Crippen molar-refractivity contribution < 1.29 is 4.74 Å². The number of fused-ring (bicyclic) bond motifs is 2. The molecule has 0 bridgehead atoms. The molecule has 80 valence electrons. The highest BCUT2D eigenvalue weighted by molar-refractivity contribution is 8.93. The normalized spacial score (nSPS) is 11.5. The van der Waals surface area contributed by atoms with E-state index in [0.29, 0.717) is 0 Å². The molecule has 1 aliphatic rings. The zero-order valence-corrected chi connectivity index (χ0v) is 10.3. The summed E-state index contributed by atoms with van der Waals surface area (Å²) in [4.78, 5) is 0. The van der Waals surface area contributed by atoms with E-state index in [-0.39, 0.29) is 17.0 Å². The minimum Gasteiger partial charge on any atom is -0.456 e. The highest BCUT2D eigenvalue weighted by atomic mass is 79.9. The van der Waals surface area contributed by atoms with E-state index < -0.39 is 0 Å². The van der Waals surface area contributed by atoms with Crippen LogP contribution in [0.4, 0.5) is 0 Å². The number of halogens is 1. The molecular formula is C14H11BrO. The Hall–Kier alpha value is -1.54. The molecule has 0 fully saturated rings. The maximum atomic E-state index is 5.84. The van der Waals surface area contributed by atoms with Crippen LogP contribution in [0.1, 0.15) is 11.1 Å². The van der Waals surface area contributed by atoms with Crippen molar-refractivity contribution in [2.45, 2.75) is 0 Å². The van der Waals surface area contributed by atoms with Gasteiger partial charge in [-0.15, -0.1) is 17.0 Å². The molecule has 0 saturated heterocycles. The highest BCUT2D eigenvalue weighted by Gasteiger charge is 2.08. The first kappa shape index (κ1) is 11.0. The van der Waals surface area contributed by atoms with Crippen LogP contribution in [-0.4, -0.2) is 0 Å². The average molecular weight is 275 g/mol. The number of benzene rings is 2. The molecule has 0 aliphatic carbocycles. The molecule has 0 aromatic heterocycles. The topological polar surface area (TPSA) is 9.23 Å². The van der Waals surface area contributed by atoms with Gasteiger partial charge in [-0.05, 0) is 12.1 Å². The summed E-state index contributed by atoms with van der Waals surface area (Å²) in [6.45, 7) is 0. The molecular weight excluding hydrogens is 264 g/mol. The molecule has 0 spiro atoms. The van der Waals surface area contributed by atoms with Gasteiger partial charge in [0.15, 0.2) is 0 Å². The van der Waals surface area contributed by atoms with E-state index in [1.165, 1.54) is 0 Å². The first-order valence-corrected chi connectivity index (χ1v) is 4.97. The largest absolute Gasteiger partial charge is 0.456 e. The molecule has 2 aromatic carbocycles. The van der Waals surface area contributed by atoms with Gasteiger partial charge >= 0.3 is 0 Å². The summed E-state index contributed by atoms with van der Waals surface area (Å²) in [7, 11) is 0. The lowest BCUT2D eigenvalue weighted by Gasteiger charge is -2.07. The third-order valence-electron chi connectivity index (χ3n) is 2.50. The quantitative estimate of drug-likeness (QED) is 0.585. The lowest BCUT2D eigenvalue weighted by molar-refractivity contribution is 0.481. The molecule has 1 nitrogen and oxygen atoms in total. The van der Waals surface area contributed by atoms with Crippen molar-refractivity contribution in [2.24, 2.45) is 0 Å². The number of rotatable bonds is 0. The predicted octanol–water partition coefficient (Wildman–Crippen LogP) is 4.54. The summed E-state index contributed by atoms with van der Waals surface area (Å²) in [5, 5.41) is 0. The number of hydrogen-bond acceptors (Lipinski definition) is 1. The summed E-state index contributed by atoms with van der Waals surface area (Å²) >= 11 is 0. The molecule has 2 heteroatoms. The molecule has 1 heterocycles. The average Bonchev–Trinajstić information content (AvgIpc) is 2.48. The Labute approximate surface area is 105 Å². The summed E-state index contributed by atoms with van der Waals surface area (Å²) in [6, 6.07) is 16.1. The summed E-state index contributed by atoms with van der Waals surface area (Å²) in [6.07, 6.45) is 4.17. The van der Waals surface area contributed by atoms with Crippen molar-refractivity contribution in [3.8, 4) is 11.5 Å². The van der Waals surface area contributed by atoms with Crippen LogP contribution in [0, 0.1) is 0 Å². The Morgan fingerprint density at radius 1 is 0.625 bits per heavy atom. The Bertz CT molecular complexity index is 484. The fourth-order valence-electron chi connectivity index (χ4n) is 1.72. The van der Waals surface area contributed by atoms with E-state index >= 15 is 0 Å². The van der Waals surface area contributed by atoms with Gasteiger partial charge in [-0.3, -0.25) is 0 Å². The van der Waals surface area contributed by atoms with E-state index in [2.05, 4.69) is 24.3 Å². The Morgan fingerprint density at radius 2 is 1.06 bits per heavy atom. The van der Waals surface area contributed by atoms with Crippen LogP contribution in [-0.2, 0) is 0 Å². The van der Waals surface area contributed by atoms with Gasteiger partial charge in [0.1, 0.15) is 11.5 Å². The van der Waals surface area contributed by atoms with Crippen molar-refractivity contribution in [3.05, 3.63) is 59.7 Å². The zero-order valence-electron chi connectivity index (χ0n) is 8.59. The van der Waals surface area contributed by atoms with Crippen molar-refractivity contribution in [1.82, 2.24) is 0 Å². The van der Waals surface area contributed by atoms with Gasteiger partial charge in [0, 0.05) is 11.1 Å². The third-order valence-corrected chi connectivity index (χ3v) is 2.50. The lowest BCUT2D eigenvalue weighted by Crippen LogP contribution is -1.86. The summed E-state index contributed by atoms with van der Waals surface area (Å²) in [5.41, 5.74) is 2.24. The summed E-state index contributed by atoms with van der Waals surface area (Å²) < 4.78 is 5.84. The predicted molar refractivity (Wildman–Crippen MR) is 72.2 cm³/mol. The lowest BCUT2D eigenvalue weighted by atomic mass is 10.1. The number of hydrogen-bond donors (Lipinski definition) is 0. The molecule has 0 amide bonds. The van der Waals surface area contributed by atoms with Crippen molar-refractivity contribution in [1.29, 1.82) is 0 Å². The fraction of sp³-hybridized carbons (Fsp3) is 0. The maximum absolute atomic E-state index is 5.84. The molecule has 16 heavy (non-hydrogen) atoms. The highest BCUT2D eigenvalue weighted by Crippen LogP contribution is 2.33. The molecule has 0 unspecified atom stereocenters. The van der Waals surface area contributed by atoms with Gasteiger partial charge < -0.3 is 4.74 Å². The van der Waals surface area contributed by atoms with Gasteiger partial charge in [-0.2, -0.15) is 0 Å². The van der Waals surface area contributed by atoms with E-state index in [1.54, 1.807) is 0 Å². The fourth-order valence-corrected chi connectivity index (χ4v) is 1.72. The van der Waals surface area contributed by atoms with Crippen LogP contribution < -0.4 is 4.74 Å². The van der Waals surface area contributed by atoms with Crippen molar-refractivity contribution in [3.63, 3.8) is 0 Å². The molecule has 0 radical (unpaired) electrons. The maximum Gasteiger partial charge on any atom is 0.134 e. The van der Waals surface area contributed by atoms with Crippen LogP contribution in [0.3, 0.4) is 0 Å². The molecule has 3 rings (SSSR count). The van der Waals surface area contributed by atoms with E-state index in [4.69, 9.17) is 4.74 Å². The van der Waals surface area contributed by atoms with Crippen LogP contribution >= 0.6 is 17.0 Å². The first-order valence-electron chi connectivity index (χ1n) is 4.97. The Morgan fingerprint density at radius 3 is 1.56 bits per heavy atom. The molecule has 0 saturated carbocycles. The number of para-hydroxylation sites is 2. The van der Waals surface area contributed by atoms with Crippen LogP contribution in [0.25, 0.3) is 12.2 Å². The molecule has 0 N–H and O–H groups in total. The van der Waals surface area contributed by atoms with E-state index in [9.17, 15) is 0 Å². The summed E-state index contributed by atoms with van der Waals surface area (Å²) in [5.74, 6) is 1.83. The van der Waals surface area contributed by atoms with Crippen LogP contribution in [0.15, 0.2) is 48.5 Å². The van der Waals surface area contributed by atoms with Crippen molar-refractivity contribution >= 4 is 29.1 Å². The second kappa shape index (κ2) is 4.54. The van der Waals surface area contributed by atoms with Crippen molar-refractivity contribution in [2.75, 3.05) is 0 Å². The zero-order chi connectivity index (χ0) is 10.1. The van der Waals surface area contributed by atoms with Gasteiger partial charge in [0.25, 0.3) is 0 Å². The molecule has 2 aromatic rings. The Balaban J connectivity index is 0.000000963. The number of ether oxygens (including phenoxy) is 1. The minimum absolute atomic E-state index is 0. The Kier molecular flexibility index (Phi) is 3.11. The molecule has 0 atom stereocenters. The van der Waals surface area contributed by atoms with Crippen LogP contribution in [0.5, 0.6) is 11.5 Å². The van der Waals surface area contributed by atoms with Gasteiger partial charge in [0.2, 0.25) is 0 Å². The van der Waals surface area contributed by atoms with E-state index in [1.807, 2.05) is 36.4 Å². The molecule has 1 aliphatic heterocycles. The second-order valence-electron chi connectivity index (χ2n) is 3.51. The smallest absolute Gasteiger partial charge is 0.134 e. The first-order chi connectivity index (χ1) is 7.43.